The summed E-state index contributed by atoms with van der Waals surface area (Å²) in [6.45, 7) is 8.21. The van der Waals surface area contributed by atoms with Gasteiger partial charge in [-0.2, -0.15) is 0 Å². The Morgan fingerprint density at radius 2 is 1.74 bits per heavy atom. The second-order valence-corrected chi connectivity index (χ2v) is 5.55. The van der Waals surface area contributed by atoms with Crippen molar-refractivity contribution in [3.8, 4) is 5.75 Å². The van der Waals surface area contributed by atoms with Crippen LogP contribution in [0.25, 0.3) is 0 Å². The van der Waals surface area contributed by atoms with Crippen LogP contribution in [-0.2, 0) is 0 Å². The minimum absolute atomic E-state index is 0.174. The molecule has 0 fully saturated rings. The van der Waals surface area contributed by atoms with Crippen LogP contribution in [0.15, 0.2) is 42.7 Å². The molecular weight excluding hydrogens is 236 g/mol. The van der Waals surface area contributed by atoms with Crippen molar-refractivity contribution >= 4 is 11.4 Å². The number of nitrogens with zero attached hydrogens (tertiary/aromatic N) is 1. The molecule has 0 radical (unpaired) electrons. The van der Waals surface area contributed by atoms with Crippen LogP contribution in [0.1, 0.15) is 26.3 Å². The molecule has 3 nitrogen and oxygen atoms in total. The number of anilines is 2. The van der Waals surface area contributed by atoms with Gasteiger partial charge in [-0.15, -0.1) is 0 Å². The van der Waals surface area contributed by atoms with Gasteiger partial charge in [0.2, 0.25) is 0 Å². The molecule has 0 atom stereocenters. The van der Waals surface area contributed by atoms with Crippen molar-refractivity contribution in [3.63, 3.8) is 0 Å². The number of nitrogens with one attached hydrogen (secondary N) is 1. The van der Waals surface area contributed by atoms with E-state index in [1.54, 1.807) is 12.4 Å². The molecule has 0 spiro atoms. The first-order valence-corrected chi connectivity index (χ1v) is 6.41. The van der Waals surface area contributed by atoms with Crippen molar-refractivity contribution in [1.29, 1.82) is 0 Å². The van der Waals surface area contributed by atoms with Crippen LogP contribution in [0.5, 0.6) is 5.75 Å². The molecule has 100 valence electrons. The van der Waals surface area contributed by atoms with Gasteiger partial charge in [-0.25, -0.2) is 0 Å². The van der Waals surface area contributed by atoms with E-state index in [9.17, 15) is 0 Å². The van der Waals surface area contributed by atoms with Crippen LogP contribution in [0, 0.1) is 6.92 Å². The second kappa shape index (κ2) is 5.31. The molecular formula is C16H20N2O. The Kier molecular flexibility index (Phi) is 3.74. The molecule has 0 amide bonds. The predicted octanol–water partition coefficient (Wildman–Crippen LogP) is 4.31. The van der Waals surface area contributed by atoms with E-state index < -0.39 is 0 Å². The van der Waals surface area contributed by atoms with E-state index in [1.807, 2.05) is 45.0 Å². The van der Waals surface area contributed by atoms with Gasteiger partial charge >= 0.3 is 0 Å². The van der Waals surface area contributed by atoms with Crippen molar-refractivity contribution in [3.05, 3.63) is 48.3 Å². The molecule has 3 heteroatoms. The highest BCUT2D eigenvalue weighted by Crippen LogP contribution is 2.26. The normalized spacial score (nSPS) is 11.2. The van der Waals surface area contributed by atoms with Crippen LogP contribution in [0.4, 0.5) is 11.4 Å². The number of hydrogen-bond donors (Lipinski definition) is 1. The molecule has 0 aliphatic carbocycles. The zero-order chi connectivity index (χ0) is 13.9. The Balaban J connectivity index is 2.16. The SMILES string of the molecule is Cc1cc(OC(C)(C)C)ccc1Nc1ccncc1. The number of aryl methyl sites for hydroxylation is 1. The molecule has 1 N–H and O–H groups in total. The summed E-state index contributed by atoms with van der Waals surface area (Å²) < 4.78 is 5.85. The largest absolute Gasteiger partial charge is 0.488 e. The standard InChI is InChI=1S/C16H20N2O/c1-12-11-14(19-16(2,3)4)5-6-15(12)18-13-7-9-17-10-8-13/h5-11H,1-4H3,(H,17,18). The fraction of sp³-hybridized carbons (Fsp3) is 0.312. The molecule has 0 bridgehead atoms. The van der Waals surface area contributed by atoms with Gasteiger partial charge in [0.1, 0.15) is 11.4 Å². The van der Waals surface area contributed by atoms with Crippen molar-refractivity contribution in [2.45, 2.75) is 33.3 Å². The summed E-state index contributed by atoms with van der Waals surface area (Å²) in [7, 11) is 0. The van der Waals surface area contributed by atoms with Gasteiger partial charge in [-0.3, -0.25) is 4.98 Å². The van der Waals surface area contributed by atoms with Gasteiger partial charge in [-0.05, 0) is 63.6 Å². The topological polar surface area (TPSA) is 34.1 Å². The van der Waals surface area contributed by atoms with Gasteiger partial charge < -0.3 is 10.1 Å². The number of pyridine rings is 1. The molecule has 1 aromatic heterocycles. The Bertz CT molecular complexity index is 544. The lowest BCUT2D eigenvalue weighted by Crippen LogP contribution is -2.22. The second-order valence-electron chi connectivity index (χ2n) is 5.55. The lowest BCUT2D eigenvalue weighted by atomic mass is 10.1. The number of rotatable bonds is 3. The Morgan fingerprint density at radius 3 is 2.32 bits per heavy atom. The third-order valence-electron chi connectivity index (χ3n) is 2.58. The highest BCUT2D eigenvalue weighted by molar-refractivity contribution is 5.63. The molecule has 0 aliphatic heterocycles. The number of aromatic nitrogens is 1. The molecule has 0 unspecified atom stereocenters. The summed E-state index contributed by atoms with van der Waals surface area (Å²) in [5.74, 6) is 0.894. The first-order valence-electron chi connectivity index (χ1n) is 6.41. The van der Waals surface area contributed by atoms with Gasteiger partial charge in [-0.1, -0.05) is 0 Å². The zero-order valence-electron chi connectivity index (χ0n) is 11.9. The van der Waals surface area contributed by atoms with E-state index in [2.05, 4.69) is 23.3 Å². The van der Waals surface area contributed by atoms with Crippen LogP contribution in [0.2, 0.25) is 0 Å². The van der Waals surface area contributed by atoms with E-state index in [-0.39, 0.29) is 5.60 Å². The van der Waals surface area contributed by atoms with Crippen molar-refractivity contribution in [2.24, 2.45) is 0 Å². The highest BCUT2D eigenvalue weighted by atomic mass is 16.5. The maximum atomic E-state index is 5.85. The fourth-order valence-corrected chi connectivity index (χ4v) is 1.78. The Morgan fingerprint density at radius 1 is 1.05 bits per heavy atom. The van der Waals surface area contributed by atoms with Gasteiger partial charge in [0.15, 0.2) is 0 Å². The first kappa shape index (κ1) is 13.4. The minimum Gasteiger partial charge on any atom is -0.488 e. The minimum atomic E-state index is -0.174. The summed E-state index contributed by atoms with van der Waals surface area (Å²) in [5, 5.41) is 3.37. The van der Waals surface area contributed by atoms with Crippen LogP contribution < -0.4 is 10.1 Å². The van der Waals surface area contributed by atoms with Crippen molar-refractivity contribution in [2.75, 3.05) is 5.32 Å². The van der Waals surface area contributed by atoms with Crippen molar-refractivity contribution < 1.29 is 4.74 Å². The number of ether oxygens (including phenoxy) is 1. The first-order chi connectivity index (χ1) is 8.94. The Labute approximate surface area is 114 Å². The van der Waals surface area contributed by atoms with Gasteiger partial charge in [0.05, 0.1) is 0 Å². The summed E-state index contributed by atoms with van der Waals surface area (Å²) in [6, 6.07) is 9.96. The van der Waals surface area contributed by atoms with E-state index in [0.717, 1.165) is 22.7 Å². The average molecular weight is 256 g/mol. The molecule has 0 saturated heterocycles. The fourth-order valence-electron chi connectivity index (χ4n) is 1.78. The summed E-state index contributed by atoms with van der Waals surface area (Å²) in [6.07, 6.45) is 3.55. The monoisotopic (exact) mass is 256 g/mol. The van der Waals surface area contributed by atoms with Gasteiger partial charge in [0.25, 0.3) is 0 Å². The molecule has 0 saturated carbocycles. The predicted molar refractivity (Wildman–Crippen MR) is 79.1 cm³/mol. The zero-order valence-corrected chi connectivity index (χ0v) is 11.9. The highest BCUT2D eigenvalue weighted by Gasteiger charge is 2.12. The summed E-state index contributed by atoms with van der Waals surface area (Å²) in [5.41, 5.74) is 3.08. The Hall–Kier alpha value is -2.03. The molecule has 19 heavy (non-hydrogen) atoms. The van der Waals surface area contributed by atoms with Crippen LogP contribution in [0.3, 0.4) is 0 Å². The van der Waals surface area contributed by atoms with E-state index in [1.165, 1.54) is 0 Å². The smallest absolute Gasteiger partial charge is 0.120 e. The molecule has 0 aliphatic rings. The third-order valence-corrected chi connectivity index (χ3v) is 2.58. The maximum absolute atomic E-state index is 5.85. The van der Waals surface area contributed by atoms with E-state index >= 15 is 0 Å². The third kappa shape index (κ3) is 3.98. The molecule has 2 rings (SSSR count). The molecule has 1 heterocycles. The summed E-state index contributed by atoms with van der Waals surface area (Å²) in [4.78, 5) is 4.00. The summed E-state index contributed by atoms with van der Waals surface area (Å²) >= 11 is 0. The van der Waals surface area contributed by atoms with Crippen molar-refractivity contribution in [1.82, 2.24) is 4.98 Å². The van der Waals surface area contributed by atoms with E-state index in [4.69, 9.17) is 4.74 Å². The van der Waals surface area contributed by atoms with E-state index in [0.29, 0.717) is 0 Å². The van der Waals surface area contributed by atoms with Crippen LogP contribution >= 0.6 is 0 Å². The lowest BCUT2D eigenvalue weighted by Gasteiger charge is -2.22. The maximum Gasteiger partial charge on any atom is 0.120 e. The number of hydrogen-bond acceptors (Lipinski definition) is 3. The van der Waals surface area contributed by atoms with Gasteiger partial charge in [0, 0.05) is 23.8 Å². The molecule has 1 aromatic carbocycles. The quantitative estimate of drug-likeness (QED) is 0.888. The lowest BCUT2D eigenvalue weighted by molar-refractivity contribution is 0.131. The molecule has 2 aromatic rings. The average Bonchev–Trinajstić information content (AvgIpc) is 2.32. The van der Waals surface area contributed by atoms with Crippen LogP contribution in [-0.4, -0.2) is 10.6 Å². The number of benzene rings is 1.